The number of hydrogen-bond acceptors (Lipinski definition) is 4. The maximum absolute atomic E-state index is 9.28. The van der Waals surface area contributed by atoms with Gasteiger partial charge in [0.15, 0.2) is 0 Å². The monoisotopic (exact) mass is 258 g/mol. The zero-order chi connectivity index (χ0) is 13.7. The van der Waals surface area contributed by atoms with Crippen LogP contribution in [0.5, 0.6) is 0 Å². The number of para-hydroxylation sites is 1. The van der Waals surface area contributed by atoms with Crippen LogP contribution in [-0.4, -0.2) is 44.2 Å². The van der Waals surface area contributed by atoms with Crippen molar-refractivity contribution in [3.63, 3.8) is 0 Å². The van der Waals surface area contributed by atoms with Crippen molar-refractivity contribution in [3.05, 3.63) is 29.8 Å². The van der Waals surface area contributed by atoms with E-state index in [-0.39, 0.29) is 0 Å². The predicted molar refractivity (Wildman–Crippen MR) is 78.1 cm³/mol. The van der Waals surface area contributed by atoms with Gasteiger partial charge in [-0.15, -0.1) is 0 Å². The zero-order valence-corrected chi connectivity index (χ0v) is 11.5. The molecule has 1 saturated heterocycles. The average molecular weight is 258 g/mol. The molecule has 2 rings (SSSR count). The summed E-state index contributed by atoms with van der Waals surface area (Å²) in [6.45, 7) is 3.79. The van der Waals surface area contributed by atoms with E-state index < -0.39 is 0 Å². The minimum Gasteiger partial charge on any atom is -0.366 e. The number of anilines is 1. The number of likely N-dealkylation sites (N-methyl/N-ethyl adjacent to an activating group) is 1. The zero-order valence-electron chi connectivity index (χ0n) is 11.5. The Hall–Kier alpha value is -1.57. The Bertz CT molecular complexity index is 452. The van der Waals surface area contributed by atoms with Crippen LogP contribution >= 0.6 is 0 Å². The molecule has 1 unspecified atom stereocenters. The van der Waals surface area contributed by atoms with Crippen LogP contribution in [0.1, 0.15) is 18.4 Å². The molecule has 1 aromatic carbocycles. The fourth-order valence-corrected chi connectivity index (χ4v) is 2.82. The van der Waals surface area contributed by atoms with E-state index in [4.69, 9.17) is 5.73 Å². The van der Waals surface area contributed by atoms with Gasteiger partial charge in [-0.3, -0.25) is 0 Å². The van der Waals surface area contributed by atoms with Crippen molar-refractivity contribution in [2.75, 3.05) is 38.1 Å². The molecule has 2 N–H and O–H groups in total. The predicted octanol–water partition coefficient (Wildman–Crippen LogP) is 1.42. The van der Waals surface area contributed by atoms with Crippen molar-refractivity contribution in [3.8, 4) is 6.07 Å². The van der Waals surface area contributed by atoms with Gasteiger partial charge in [-0.05, 0) is 45.1 Å². The molecule has 4 heteroatoms. The van der Waals surface area contributed by atoms with E-state index in [9.17, 15) is 5.26 Å². The van der Waals surface area contributed by atoms with Gasteiger partial charge in [0.05, 0.1) is 11.3 Å². The topological polar surface area (TPSA) is 56.3 Å². The van der Waals surface area contributed by atoms with E-state index in [1.807, 2.05) is 24.3 Å². The molecule has 1 aliphatic rings. The van der Waals surface area contributed by atoms with E-state index >= 15 is 0 Å². The van der Waals surface area contributed by atoms with Crippen molar-refractivity contribution >= 4 is 5.69 Å². The first-order valence-electron chi connectivity index (χ1n) is 6.90. The maximum atomic E-state index is 9.28. The Morgan fingerprint density at radius 3 is 2.89 bits per heavy atom. The van der Waals surface area contributed by atoms with Crippen LogP contribution < -0.4 is 10.6 Å². The Labute approximate surface area is 115 Å². The summed E-state index contributed by atoms with van der Waals surface area (Å²) in [5, 5.41) is 9.28. The summed E-state index contributed by atoms with van der Waals surface area (Å²) in [7, 11) is 2.16. The number of rotatable bonds is 3. The molecule has 1 fully saturated rings. The van der Waals surface area contributed by atoms with Crippen molar-refractivity contribution < 1.29 is 0 Å². The van der Waals surface area contributed by atoms with Crippen LogP contribution in [0.15, 0.2) is 24.3 Å². The van der Waals surface area contributed by atoms with Gasteiger partial charge < -0.3 is 15.5 Å². The molecule has 1 aromatic rings. The normalized spacial score (nSPS) is 20.9. The molecule has 0 amide bonds. The second-order valence-corrected chi connectivity index (χ2v) is 5.17. The van der Waals surface area contributed by atoms with E-state index in [0.717, 1.165) is 43.7 Å². The number of benzene rings is 1. The molecule has 0 aliphatic carbocycles. The lowest BCUT2D eigenvalue weighted by Gasteiger charge is -2.33. The first kappa shape index (κ1) is 13.9. The lowest BCUT2D eigenvalue weighted by Crippen LogP contribution is -2.42. The highest BCUT2D eigenvalue weighted by atomic mass is 15.2. The second-order valence-electron chi connectivity index (χ2n) is 5.17. The van der Waals surface area contributed by atoms with Crippen LogP contribution in [0, 0.1) is 11.3 Å². The molecule has 0 bridgehead atoms. The summed E-state index contributed by atoms with van der Waals surface area (Å²) in [6.07, 6.45) is 2.08. The maximum Gasteiger partial charge on any atom is 0.101 e. The molecule has 0 aromatic heterocycles. The van der Waals surface area contributed by atoms with Gasteiger partial charge in [0.1, 0.15) is 6.07 Å². The summed E-state index contributed by atoms with van der Waals surface area (Å²) in [4.78, 5) is 4.73. The summed E-state index contributed by atoms with van der Waals surface area (Å²) >= 11 is 0. The van der Waals surface area contributed by atoms with Crippen LogP contribution in [0.4, 0.5) is 5.69 Å². The molecule has 1 aliphatic heterocycles. The smallest absolute Gasteiger partial charge is 0.101 e. The van der Waals surface area contributed by atoms with Crippen molar-refractivity contribution in [1.29, 1.82) is 5.26 Å². The van der Waals surface area contributed by atoms with Crippen LogP contribution in [-0.2, 0) is 0 Å². The molecular formula is C15H22N4. The molecule has 0 saturated carbocycles. The highest BCUT2D eigenvalue weighted by Gasteiger charge is 2.24. The van der Waals surface area contributed by atoms with Gasteiger partial charge in [-0.1, -0.05) is 12.1 Å². The van der Waals surface area contributed by atoms with Gasteiger partial charge in [0.2, 0.25) is 0 Å². The van der Waals surface area contributed by atoms with E-state index in [1.165, 1.54) is 0 Å². The SMILES string of the molecule is CN1CCCN(c2ccccc2C#N)C(CCN)C1. The summed E-state index contributed by atoms with van der Waals surface area (Å²) in [5.74, 6) is 0. The molecule has 0 radical (unpaired) electrons. The van der Waals surface area contributed by atoms with Gasteiger partial charge in [0, 0.05) is 19.1 Å². The first-order chi connectivity index (χ1) is 9.26. The van der Waals surface area contributed by atoms with Crippen molar-refractivity contribution in [2.45, 2.75) is 18.9 Å². The highest BCUT2D eigenvalue weighted by Crippen LogP contribution is 2.25. The van der Waals surface area contributed by atoms with E-state index in [1.54, 1.807) is 0 Å². The van der Waals surface area contributed by atoms with Crippen molar-refractivity contribution in [1.82, 2.24) is 4.90 Å². The number of hydrogen-bond donors (Lipinski definition) is 1. The number of nitrogens with two attached hydrogens (primary N) is 1. The Morgan fingerprint density at radius 1 is 1.37 bits per heavy atom. The molecule has 1 atom stereocenters. The Balaban J connectivity index is 2.30. The lowest BCUT2D eigenvalue weighted by atomic mass is 10.1. The van der Waals surface area contributed by atoms with Crippen LogP contribution in [0.2, 0.25) is 0 Å². The average Bonchev–Trinajstić information content (AvgIpc) is 2.60. The molecule has 4 nitrogen and oxygen atoms in total. The standard InChI is InChI=1S/C15H22N4/c1-18-9-4-10-19(14(12-18)7-8-16)15-6-3-2-5-13(15)11-17/h2-3,5-6,14H,4,7-10,12,16H2,1H3. The molecule has 0 spiro atoms. The van der Waals surface area contributed by atoms with Gasteiger partial charge in [-0.2, -0.15) is 5.26 Å². The Morgan fingerprint density at radius 2 is 2.16 bits per heavy atom. The molecule has 19 heavy (non-hydrogen) atoms. The minimum atomic E-state index is 0.395. The number of nitriles is 1. The van der Waals surface area contributed by atoms with Gasteiger partial charge in [-0.25, -0.2) is 0 Å². The number of nitrogens with zero attached hydrogens (tertiary/aromatic N) is 3. The largest absolute Gasteiger partial charge is 0.366 e. The third-order valence-electron chi connectivity index (χ3n) is 3.74. The molecule has 102 valence electrons. The fourth-order valence-electron chi connectivity index (χ4n) is 2.82. The summed E-state index contributed by atoms with van der Waals surface area (Å²) < 4.78 is 0. The van der Waals surface area contributed by atoms with Gasteiger partial charge >= 0.3 is 0 Å². The fraction of sp³-hybridized carbons (Fsp3) is 0.533. The summed E-state index contributed by atoms with van der Waals surface area (Å²) in [5.41, 5.74) is 7.57. The summed E-state index contributed by atoms with van der Waals surface area (Å²) in [6, 6.07) is 10.6. The second kappa shape index (κ2) is 6.55. The third kappa shape index (κ3) is 3.25. The lowest BCUT2D eigenvalue weighted by molar-refractivity contribution is 0.326. The third-order valence-corrected chi connectivity index (χ3v) is 3.74. The Kier molecular flexibility index (Phi) is 4.78. The highest BCUT2D eigenvalue weighted by molar-refractivity contribution is 5.60. The minimum absolute atomic E-state index is 0.395. The van der Waals surface area contributed by atoms with Gasteiger partial charge in [0.25, 0.3) is 0 Å². The quantitative estimate of drug-likeness (QED) is 0.891. The van der Waals surface area contributed by atoms with Crippen LogP contribution in [0.3, 0.4) is 0 Å². The van der Waals surface area contributed by atoms with Crippen molar-refractivity contribution in [2.24, 2.45) is 5.73 Å². The first-order valence-corrected chi connectivity index (χ1v) is 6.90. The van der Waals surface area contributed by atoms with Crippen LogP contribution in [0.25, 0.3) is 0 Å². The molecule has 1 heterocycles. The molecular weight excluding hydrogens is 236 g/mol. The van der Waals surface area contributed by atoms with E-state index in [0.29, 0.717) is 12.6 Å². The van der Waals surface area contributed by atoms with E-state index in [2.05, 4.69) is 22.9 Å².